The van der Waals surface area contributed by atoms with Gasteiger partial charge in [0.05, 0.1) is 0 Å². The van der Waals surface area contributed by atoms with Crippen LogP contribution in [-0.4, -0.2) is 7.05 Å². The summed E-state index contributed by atoms with van der Waals surface area (Å²) < 4.78 is 1.18. The van der Waals surface area contributed by atoms with Gasteiger partial charge in [-0.1, -0.05) is 28.4 Å². The third-order valence-corrected chi connectivity index (χ3v) is 5.87. The van der Waals surface area contributed by atoms with Crippen LogP contribution in [0.3, 0.4) is 0 Å². The van der Waals surface area contributed by atoms with Crippen molar-refractivity contribution in [3.63, 3.8) is 0 Å². The first-order valence-electron chi connectivity index (χ1n) is 7.60. The Bertz CT molecular complexity index is 457. The Morgan fingerprint density at radius 1 is 1.32 bits per heavy atom. The van der Waals surface area contributed by atoms with Crippen molar-refractivity contribution >= 4 is 15.9 Å². The number of halogens is 1. The van der Waals surface area contributed by atoms with Gasteiger partial charge in [0.2, 0.25) is 0 Å². The van der Waals surface area contributed by atoms with E-state index in [9.17, 15) is 0 Å². The highest BCUT2D eigenvalue weighted by molar-refractivity contribution is 9.10. The summed E-state index contributed by atoms with van der Waals surface area (Å²) in [5.74, 6) is 3.04. The van der Waals surface area contributed by atoms with Gasteiger partial charge in [0.25, 0.3) is 0 Å². The Hall–Kier alpha value is -0.340. The summed E-state index contributed by atoms with van der Waals surface area (Å²) in [6.45, 7) is 2.23. The topological polar surface area (TPSA) is 12.0 Å². The van der Waals surface area contributed by atoms with Crippen molar-refractivity contribution in [2.24, 2.45) is 17.8 Å². The minimum atomic E-state index is 0.525. The fourth-order valence-electron chi connectivity index (χ4n) is 4.40. The molecule has 0 heterocycles. The zero-order chi connectivity index (χ0) is 13.4. The molecule has 1 N–H and O–H groups in total. The number of rotatable bonds is 4. The van der Waals surface area contributed by atoms with E-state index in [1.165, 1.54) is 47.7 Å². The van der Waals surface area contributed by atoms with Crippen LogP contribution in [0.15, 0.2) is 22.7 Å². The lowest BCUT2D eigenvalue weighted by Gasteiger charge is -2.27. The summed E-state index contributed by atoms with van der Waals surface area (Å²) in [4.78, 5) is 0. The van der Waals surface area contributed by atoms with E-state index < -0.39 is 0 Å². The van der Waals surface area contributed by atoms with E-state index in [4.69, 9.17) is 0 Å². The molecule has 3 rings (SSSR count). The average molecular weight is 322 g/mol. The van der Waals surface area contributed by atoms with Crippen LogP contribution in [0.1, 0.15) is 49.3 Å². The van der Waals surface area contributed by atoms with Gasteiger partial charge < -0.3 is 5.32 Å². The van der Waals surface area contributed by atoms with Crippen LogP contribution in [0.2, 0.25) is 0 Å². The fraction of sp³-hybridized carbons (Fsp3) is 0.647. The van der Waals surface area contributed by atoms with Gasteiger partial charge in [0.1, 0.15) is 0 Å². The van der Waals surface area contributed by atoms with Gasteiger partial charge in [-0.2, -0.15) is 0 Å². The minimum Gasteiger partial charge on any atom is -0.313 e. The molecule has 2 saturated carbocycles. The van der Waals surface area contributed by atoms with Gasteiger partial charge in [0, 0.05) is 10.5 Å². The molecule has 1 nitrogen and oxygen atoms in total. The van der Waals surface area contributed by atoms with Crippen molar-refractivity contribution in [3.8, 4) is 0 Å². The Morgan fingerprint density at radius 2 is 2.16 bits per heavy atom. The Morgan fingerprint density at radius 3 is 2.74 bits per heavy atom. The molecule has 0 spiro atoms. The summed E-state index contributed by atoms with van der Waals surface area (Å²) in [5.41, 5.74) is 2.88. The van der Waals surface area contributed by atoms with E-state index in [0.29, 0.717) is 6.04 Å². The smallest absolute Gasteiger partial charge is 0.0322 e. The van der Waals surface area contributed by atoms with Gasteiger partial charge in [-0.3, -0.25) is 0 Å². The predicted octanol–water partition coefficient (Wildman–Crippen LogP) is 4.84. The van der Waals surface area contributed by atoms with Gasteiger partial charge in [-0.05, 0) is 80.7 Å². The van der Waals surface area contributed by atoms with Crippen molar-refractivity contribution in [2.75, 3.05) is 7.05 Å². The summed E-state index contributed by atoms with van der Waals surface area (Å²) >= 11 is 3.56. The number of hydrogen-bond acceptors (Lipinski definition) is 1. The number of benzene rings is 1. The molecule has 4 atom stereocenters. The molecule has 2 aliphatic rings. The maximum atomic E-state index is 3.56. The number of fused-ring (bicyclic) bond motifs is 2. The van der Waals surface area contributed by atoms with Crippen molar-refractivity contribution in [3.05, 3.63) is 33.8 Å². The van der Waals surface area contributed by atoms with E-state index >= 15 is 0 Å². The predicted molar refractivity (Wildman–Crippen MR) is 84.2 cm³/mol. The second-order valence-corrected chi connectivity index (χ2v) is 7.43. The molecule has 0 saturated heterocycles. The number of hydrogen-bond donors (Lipinski definition) is 1. The molecule has 0 aliphatic heterocycles. The number of nitrogens with one attached hydrogen (secondary N) is 1. The van der Waals surface area contributed by atoms with Crippen molar-refractivity contribution in [1.82, 2.24) is 5.32 Å². The van der Waals surface area contributed by atoms with Gasteiger partial charge in [-0.15, -0.1) is 0 Å². The Labute approximate surface area is 125 Å². The molecule has 2 heteroatoms. The lowest BCUT2D eigenvalue weighted by molar-refractivity contribution is 0.284. The maximum absolute atomic E-state index is 3.56. The van der Waals surface area contributed by atoms with Crippen LogP contribution < -0.4 is 5.32 Å². The quantitative estimate of drug-likeness (QED) is 0.836. The first-order chi connectivity index (χ1) is 9.17. The lowest BCUT2D eigenvalue weighted by Crippen LogP contribution is -2.23. The van der Waals surface area contributed by atoms with Crippen LogP contribution in [0.5, 0.6) is 0 Å². The van der Waals surface area contributed by atoms with E-state index in [2.05, 4.69) is 53.4 Å². The zero-order valence-electron chi connectivity index (χ0n) is 12.0. The summed E-state index contributed by atoms with van der Waals surface area (Å²) in [6.07, 6.45) is 7.31. The molecule has 19 heavy (non-hydrogen) atoms. The highest BCUT2D eigenvalue weighted by Gasteiger charge is 2.40. The normalized spacial score (nSPS) is 30.8. The second kappa shape index (κ2) is 5.57. The first kappa shape index (κ1) is 13.6. The molecule has 0 amide bonds. The first-order valence-corrected chi connectivity index (χ1v) is 8.40. The second-order valence-electron chi connectivity index (χ2n) is 6.51. The molecule has 1 aromatic rings. The maximum Gasteiger partial charge on any atom is 0.0322 e. The molecule has 104 valence electrons. The Balaban J connectivity index is 1.73. The monoisotopic (exact) mass is 321 g/mol. The molecular formula is C17H24BrN. The van der Waals surface area contributed by atoms with E-state index in [0.717, 1.165) is 17.8 Å². The standard InChI is InChI=1S/C17H24BrN/c1-11-7-15(18)5-6-16(11)17(19-2)10-14-9-12-3-4-13(14)8-12/h5-7,12-14,17,19H,3-4,8-10H2,1-2H3. The van der Waals surface area contributed by atoms with Gasteiger partial charge >= 0.3 is 0 Å². The Kier molecular flexibility index (Phi) is 4.00. The zero-order valence-corrected chi connectivity index (χ0v) is 13.5. The average Bonchev–Trinajstić information content (AvgIpc) is 2.99. The van der Waals surface area contributed by atoms with Crippen LogP contribution in [0.25, 0.3) is 0 Å². The summed E-state index contributed by atoms with van der Waals surface area (Å²) in [5, 5.41) is 3.55. The lowest BCUT2D eigenvalue weighted by atomic mass is 9.82. The molecule has 2 aliphatic carbocycles. The highest BCUT2D eigenvalue weighted by Crippen LogP contribution is 2.51. The van der Waals surface area contributed by atoms with Crippen molar-refractivity contribution in [2.45, 2.75) is 45.1 Å². The van der Waals surface area contributed by atoms with Crippen molar-refractivity contribution < 1.29 is 0 Å². The van der Waals surface area contributed by atoms with Crippen LogP contribution in [0.4, 0.5) is 0 Å². The fourth-order valence-corrected chi connectivity index (χ4v) is 4.87. The molecule has 0 aromatic heterocycles. The van der Waals surface area contributed by atoms with E-state index in [-0.39, 0.29) is 0 Å². The third-order valence-electron chi connectivity index (χ3n) is 5.38. The van der Waals surface area contributed by atoms with Gasteiger partial charge in [-0.25, -0.2) is 0 Å². The van der Waals surface area contributed by atoms with Crippen LogP contribution in [0, 0.1) is 24.7 Å². The molecule has 4 unspecified atom stereocenters. The van der Waals surface area contributed by atoms with Crippen LogP contribution in [-0.2, 0) is 0 Å². The van der Waals surface area contributed by atoms with E-state index in [1.807, 2.05) is 0 Å². The SMILES string of the molecule is CNC(CC1CC2CCC1C2)c1ccc(Br)cc1C. The molecule has 2 fully saturated rings. The van der Waals surface area contributed by atoms with E-state index in [1.54, 1.807) is 0 Å². The molecule has 2 bridgehead atoms. The molecular weight excluding hydrogens is 298 g/mol. The molecule has 1 aromatic carbocycles. The summed E-state index contributed by atoms with van der Waals surface area (Å²) in [7, 11) is 2.11. The van der Waals surface area contributed by atoms with Gasteiger partial charge in [0.15, 0.2) is 0 Å². The minimum absolute atomic E-state index is 0.525. The summed E-state index contributed by atoms with van der Waals surface area (Å²) in [6, 6.07) is 7.22. The van der Waals surface area contributed by atoms with Crippen LogP contribution >= 0.6 is 15.9 Å². The van der Waals surface area contributed by atoms with Crippen molar-refractivity contribution in [1.29, 1.82) is 0 Å². The largest absolute Gasteiger partial charge is 0.313 e. The number of aryl methyl sites for hydroxylation is 1. The third kappa shape index (κ3) is 2.75. The highest BCUT2D eigenvalue weighted by atomic mass is 79.9. The molecule has 0 radical (unpaired) electrons.